The van der Waals surface area contributed by atoms with Crippen molar-refractivity contribution in [3.05, 3.63) is 35.9 Å². The van der Waals surface area contributed by atoms with Crippen molar-refractivity contribution in [2.45, 2.75) is 45.8 Å². The molecule has 2 aromatic rings. The highest BCUT2D eigenvalue weighted by Gasteiger charge is 2.20. The number of amides is 2. The molecule has 31 heavy (non-hydrogen) atoms. The van der Waals surface area contributed by atoms with Gasteiger partial charge in [-0.3, -0.25) is 10.2 Å². The number of aromatic nitrogens is 2. The lowest BCUT2D eigenvalue weighted by Crippen LogP contribution is -2.47. The van der Waals surface area contributed by atoms with Gasteiger partial charge in [0.05, 0.1) is 13.2 Å². The number of anilines is 2. The zero-order valence-electron chi connectivity index (χ0n) is 18.5. The van der Waals surface area contributed by atoms with Crippen molar-refractivity contribution in [2.75, 3.05) is 49.5 Å². The predicted octanol–water partition coefficient (Wildman–Crippen LogP) is 3.58. The summed E-state index contributed by atoms with van der Waals surface area (Å²) in [6.45, 7) is 10.2. The lowest BCUT2D eigenvalue weighted by molar-refractivity contribution is 0.0907. The Kier molecular flexibility index (Phi) is 9.51. The molecule has 1 aliphatic rings. The summed E-state index contributed by atoms with van der Waals surface area (Å²) in [7, 11) is 0. The highest BCUT2D eigenvalue weighted by molar-refractivity contribution is 7.19. The van der Waals surface area contributed by atoms with E-state index in [0.717, 1.165) is 63.7 Å². The molecule has 0 radical (unpaired) electrons. The molecular weight excluding hydrogens is 412 g/mol. The minimum absolute atomic E-state index is 0.196. The van der Waals surface area contributed by atoms with Crippen LogP contribution < -0.4 is 15.5 Å². The van der Waals surface area contributed by atoms with Gasteiger partial charge in [-0.2, -0.15) is 0 Å². The second kappa shape index (κ2) is 12.6. The van der Waals surface area contributed by atoms with Gasteiger partial charge in [0, 0.05) is 38.8 Å². The van der Waals surface area contributed by atoms with Crippen molar-refractivity contribution in [1.29, 1.82) is 0 Å². The van der Waals surface area contributed by atoms with Crippen LogP contribution in [0, 0.1) is 0 Å². The van der Waals surface area contributed by atoms with E-state index in [1.54, 1.807) is 0 Å². The van der Waals surface area contributed by atoms with Crippen LogP contribution in [0.3, 0.4) is 0 Å². The van der Waals surface area contributed by atoms with Gasteiger partial charge in [-0.25, -0.2) is 4.79 Å². The van der Waals surface area contributed by atoms with Crippen LogP contribution >= 0.6 is 11.3 Å². The molecule has 170 valence electrons. The molecule has 1 fully saturated rings. The molecule has 2 N–H and O–H groups in total. The smallest absolute Gasteiger partial charge is 0.321 e. The van der Waals surface area contributed by atoms with Crippen molar-refractivity contribution in [1.82, 2.24) is 20.4 Å². The van der Waals surface area contributed by atoms with Crippen molar-refractivity contribution >= 4 is 27.6 Å². The third kappa shape index (κ3) is 7.75. The van der Waals surface area contributed by atoms with Gasteiger partial charge in [-0.15, -0.1) is 10.2 Å². The maximum atomic E-state index is 12.2. The van der Waals surface area contributed by atoms with Crippen molar-refractivity contribution in [2.24, 2.45) is 0 Å². The van der Waals surface area contributed by atoms with E-state index in [4.69, 9.17) is 4.74 Å². The Morgan fingerprint density at radius 1 is 1.16 bits per heavy atom. The van der Waals surface area contributed by atoms with Gasteiger partial charge in [0.15, 0.2) is 0 Å². The maximum Gasteiger partial charge on any atom is 0.321 e. The number of hydrogen-bond donors (Lipinski definition) is 2. The van der Waals surface area contributed by atoms with E-state index in [-0.39, 0.29) is 12.1 Å². The summed E-state index contributed by atoms with van der Waals surface area (Å²) in [5.74, 6) is 0. The monoisotopic (exact) mass is 446 g/mol. The second-order valence-corrected chi connectivity index (χ2v) is 8.70. The van der Waals surface area contributed by atoms with Crippen LogP contribution in [0.15, 0.2) is 30.3 Å². The molecule has 3 rings (SSSR count). The van der Waals surface area contributed by atoms with E-state index >= 15 is 0 Å². The standard InChI is InChI=1S/C22H34N6O2S/c1-3-8-19(4-2)23-20(29)24-21-25-26-22(31-21)28-13-11-27(12-14-28)15-16-30-17-18-9-6-5-7-10-18/h5-7,9-10,19H,3-4,8,11-17H2,1-2H3,(H2,23,24,25,29). The number of carbonyl (C=O) groups is 1. The Hall–Kier alpha value is -2.23. The summed E-state index contributed by atoms with van der Waals surface area (Å²) in [6, 6.07) is 10.2. The van der Waals surface area contributed by atoms with E-state index in [9.17, 15) is 4.79 Å². The van der Waals surface area contributed by atoms with Gasteiger partial charge in [0.2, 0.25) is 10.3 Å². The first-order chi connectivity index (χ1) is 15.2. The first kappa shape index (κ1) is 23.4. The number of ether oxygens (including phenoxy) is 1. The third-order valence-corrected chi connectivity index (χ3v) is 6.31. The highest BCUT2D eigenvalue weighted by atomic mass is 32.1. The average molecular weight is 447 g/mol. The molecule has 1 aliphatic heterocycles. The Bertz CT molecular complexity index is 779. The Morgan fingerprint density at radius 3 is 2.65 bits per heavy atom. The zero-order chi connectivity index (χ0) is 21.9. The third-order valence-electron chi connectivity index (χ3n) is 5.41. The Labute approximate surface area is 189 Å². The van der Waals surface area contributed by atoms with E-state index < -0.39 is 0 Å². The number of urea groups is 1. The number of piperazine rings is 1. The predicted molar refractivity (Wildman–Crippen MR) is 126 cm³/mol. The number of nitrogens with one attached hydrogen (secondary N) is 2. The van der Waals surface area contributed by atoms with Gasteiger partial charge in [0.25, 0.3) is 0 Å². The maximum absolute atomic E-state index is 12.2. The van der Waals surface area contributed by atoms with Crippen molar-refractivity contribution in [3.8, 4) is 0 Å². The molecule has 1 unspecified atom stereocenters. The number of hydrogen-bond acceptors (Lipinski definition) is 7. The molecule has 0 spiro atoms. The molecule has 1 aromatic carbocycles. The summed E-state index contributed by atoms with van der Waals surface area (Å²) in [5.41, 5.74) is 1.21. The number of benzene rings is 1. The molecule has 2 amide bonds. The van der Waals surface area contributed by atoms with E-state index in [0.29, 0.717) is 11.7 Å². The Balaban J connectivity index is 1.35. The van der Waals surface area contributed by atoms with Gasteiger partial charge in [-0.1, -0.05) is 61.9 Å². The summed E-state index contributed by atoms with van der Waals surface area (Å²) in [5, 5.41) is 15.6. The normalized spacial score (nSPS) is 15.6. The molecule has 0 bridgehead atoms. The number of nitrogens with zero attached hydrogens (tertiary/aromatic N) is 4. The molecule has 0 saturated carbocycles. The molecule has 1 atom stereocenters. The summed E-state index contributed by atoms with van der Waals surface area (Å²) in [4.78, 5) is 16.8. The fourth-order valence-corrected chi connectivity index (χ4v) is 4.35. The largest absolute Gasteiger partial charge is 0.375 e. The van der Waals surface area contributed by atoms with Crippen molar-refractivity contribution < 1.29 is 9.53 Å². The van der Waals surface area contributed by atoms with Gasteiger partial charge in [-0.05, 0) is 18.4 Å². The Morgan fingerprint density at radius 2 is 1.94 bits per heavy atom. The summed E-state index contributed by atoms with van der Waals surface area (Å²) in [6.07, 6.45) is 2.95. The molecule has 1 aromatic heterocycles. The van der Waals surface area contributed by atoms with Crippen LogP contribution in [0.5, 0.6) is 0 Å². The van der Waals surface area contributed by atoms with Crippen LogP contribution in [-0.4, -0.2) is 66.5 Å². The van der Waals surface area contributed by atoms with E-state index in [2.05, 4.69) is 56.6 Å². The molecule has 0 aliphatic carbocycles. The topological polar surface area (TPSA) is 82.6 Å². The lowest BCUT2D eigenvalue weighted by Gasteiger charge is -2.34. The fourth-order valence-electron chi connectivity index (χ4n) is 3.56. The molecular formula is C22H34N6O2S. The lowest BCUT2D eigenvalue weighted by atomic mass is 10.1. The first-order valence-corrected chi connectivity index (χ1v) is 12.0. The van der Waals surface area contributed by atoms with E-state index in [1.165, 1.54) is 16.9 Å². The van der Waals surface area contributed by atoms with E-state index in [1.807, 2.05) is 18.2 Å². The van der Waals surface area contributed by atoms with Gasteiger partial charge < -0.3 is 15.0 Å². The van der Waals surface area contributed by atoms with Crippen LogP contribution in [0.1, 0.15) is 38.7 Å². The van der Waals surface area contributed by atoms with Crippen molar-refractivity contribution in [3.63, 3.8) is 0 Å². The van der Waals surface area contributed by atoms with Crippen LogP contribution in [0.25, 0.3) is 0 Å². The molecule has 2 heterocycles. The van der Waals surface area contributed by atoms with Gasteiger partial charge in [0.1, 0.15) is 0 Å². The zero-order valence-corrected chi connectivity index (χ0v) is 19.4. The molecule has 8 nitrogen and oxygen atoms in total. The van der Waals surface area contributed by atoms with Gasteiger partial charge >= 0.3 is 6.03 Å². The number of rotatable bonds is 11. The summed E-state index contributed by atoms with van der Waals surface area (Å²) >= 11 is 1.42. The minimum Gasteiger partial charge on any atom is -0.375 e. The van der Waals surface area contributed by atoms with Crippen LogP contribution in [0.2, 0.25) is 0 Å². The second-order valence-electron chi connectivity index (χ2n) is 7.75. The van der Waals surface area contributed by atoms with Crippen LogP contribution in [-0.2, 0) is 11.3 Å². The highest BCUT2D eigenvalue weighted by Crippen LogP contribution is 2.25. The quantitative estimate of drug-likeness (QED) is 0.514. The fraction of sp³-hybridized carbons (Fsp3) is 0.591. The number of carbonyl (C=O) groups excluding carboxylic acids is 1. The van der Waals surface area contributed by atoms with Crippen LogP contribution in [0.4, 0.5) is 15.1 Å². The first-order valence-electron chi connectivity index (χ1n) is 11.2. The molecule has 1 saturated heterocycles. The minimum atomic E-state index is -0.205. The SMILES string of the molecule is CCCC(CC)NC(=O)Nc1nnc(N2CCN(CCOCc3ccccc3)CC2)s1. The summed E-state index contributed by atoms with van der Waals surface area (Å²) < 4.78 is 5.80. The average Bonchev–Trinajstić information content (AvgIpc) is 3.26. The molecule has 9 heteroatoms.